The number of alkyl carbamates (subject to hydrolysis) is 1. The standard InChI is InChI=1S/C16H16N2O5/c1-22-15-9-14(18(20)21)8-7-13(15)10-17-16(19)23-11-12-5-3-2-4-6-12/h2-9H,10-11H2,1H3,(H,17,19). The molecule has 7 nitrogen and oxygen atoms in total. The fraction of sp³-hybridized carbons (Fsp3) is 0.188. The number of carbonyl (C=O) groups excluding carboxylic acids is 1. The molecule has 0 aliphatic rings. The molecule has 7 heteroatoms. The zero-order valence-corrected chi connectivity index (χ0v) is 12.5. The van der Waals surface area contributed by atoms with Gasteiger partial charge in [0.15, 0.2) is 0 Å². The Balaban J connectivity index is 1.90. The number of methoxy groups -OCH3 is 1. The van der Waals surface area contributed by atoms with E-state index in [-0.39, 0.29) is 18.8 Å². The van der Waals surface area contributed by atoms with E-state index < -0.39 is 11.0 Å². The molecular formula is C16H16N2O5. The summed E-state index contributed by atoms with van der Waals surface area (Å²) in [6, 6.07) is 13.5. The van der Waals surface area contributed by atoms with Crippen LogP contribution in [-0.4, -0.2) is 18.1 Å². The number of rotatable bonds is 6. The molecule has 0 saturated carbocycles. The third-order valence-corrected chi connectivity index (χ3v) is 3.12. The van der Waals surface area contributed by atoms with E-state index in [4.69, 9.17) is 9.47 Å². The molecule has 0 aliphatic carbocycles. The Morgan fingerprint density at radius 1 is 1.22 bits per heavy atom. The maximum absolute atomic E-state index is 11.7. The average molecular weight is 316 g/mol. The normalized spacial score (nSPS) is 9.96. The molecule has 2 aromatic rings. The van der Waals surface area contributed by atoms with Crippen molar-refractivity contribution in [1.82, 2.24) is 5.32 Å². The molecule has 0 saturated heterocycles. The van der Waals surface area contributed by atoms with Gasteiger partial charge in [-0.3, -0.25) is 10.1 Å². The van der Waals surface area contributed by atoms with Gasteiger partial charge in [0.25, 0.3) is 5.69 Å². The molecule has 0 radical (unpaired) electrons. The first kappa shape index (κ1) is 16.3. The van der Waals surface area contributed by atoms with Crippen molar-refractivity contribution in [3.05, 3.63) is 69.8 Å². The van der Waals surface area contributed by atoms with E-state index in [2.05, 4.69) is 5.32 Å². The van der Waals surface area contributed by atoms with Gasteiger partial charge in [0, 0.05) is 18.2 Å². The molecule has 1 amide bonds. The van der Waals surface area contributed by atoms with Gasteiger partial charge in [0.05, 0.1) is 18.1 Å². The second-order valence-electron chi connectivity index (χ2n) is 4.67. The van der Waals surface area contributed by atoms with Crippen LogP contribution in [0.1, 0.15) is 11.1 Å². The van der Waals surface area contributed by atoms with E-state index in [1.54, 1.807) is 0 Å². The highest BCUT2D eigenvalue weighted by molar-refractivity contribution is 5.67. The van der Waals surface area contributed by atoms with E-state index in [9.17, 15) is 14.9 Å². The van der Waals surface area contributed by atoms with E-state index in [0.717, 1.165) is 5.56 Å². The lowest BCUT2D eigenvalue weighted by Crippen LogP contribution is -2.23. The van der Waals surface area contributed by atoms with Crippen molar-refractivity contribution < 1.29 is 19.2 Å². The summed E-state index contributed by atoms with van der Waals surface area (Å²) in [7, 11) is 1.41. The number of nitrogens with zero attached hydrogens (tertiary/aromatic N) is 1. The smallest absolute Gasteiger partial charge is 0.407 e. The van der Waals surface area contributed by atoms with Crippen molar-refractivity contribution >= 4 is 11.8 Å². The summed E-state index contributed by atoms with van der Waals surface area (Å²) in [4.78, 5) is 21.9. The van der Waals surface area contributed by atoms with Gasteiger partial charge >= 0.3 is 6.09 Å². The minimum atomic E-state index is -0.575. The average Bonchev–Trinajstić information content (AvgIpc) is 2.58. The van der Waals surface area contributed by atoms with Crippen LogP contribution in [0.25, 0.3) is 0 Å². The lowest BCUT2D eigenvalue weighted by molar-refractivity contribution is -0.384. The van der Waals surface area contributed by atoms with Crippen LogP contribution >= 0.6 is 0 Å². The Kier molecular flexibility index (Phi) is 5.51. The molecule has 23 heavy (non-hydrogen) atoms. The SMILES string of the molecule is COc1cc([N+](=O)[O-])ccc1CNC(=O)OCc1ccccc1. The zero-order valence-electron chi connectivity index (χ0n) is 12.5. The van der Waals surface area contributed by atoms with Crippen molar-refractivity contribution in [2.75, 3.05) is 7.11 Å². The van der Waals surface area contributed by atoms with Crippen molar-refractivity contribution in [2.45, 2.75) is 13.2 Å². The van der Waals surface area contributed by atoms with E-state index >= 15 is 0 Å². The van der Waals surface area contributed by atoms with Gasteiger partial charge in [0.1, 0.15) is 12.4 Å². The van der Waals surface area contributed by atoms with Crippen LogP contribution in [0.3, 0.4) is 0 Å². The number of amides is 1. The Morgan fingerprint density at radius 2 is 1.96 bits per heavy atom. The number of benzene rings is 2. The maximum Gasteiger partial charge on any atom is 0.407 e. The molecule has 0 spiro atoms. The van der Waals surface area contributed by atoms with Crippen molar-refractivity contribution in [3.8, 4) is 5.75 Å². The van der Waals surface area contributed by atoms with Crippen molar-refractivity contribution in [1.29, 1.82) is 0 Å². The number of ether oxygens (including phenoxy) is 2. The van der Waals surface area contributed by atoms with Gasteiger partial charge in [-0.2, -0.15) is 0 Å². The molecule has 0 heterocycles. The number of nitro benzene ring substituents is 1. The van der Waals surface area contributed by atoms with Crippen LogP contribution in [0, 0.1) is 10.1 Å². The molecule has 2 aromatic carbocycles. The molecule has 0 fully saturated rings. The molecule has 0 bridgehead atoms. The molecule has 0 aromatic heterocycles. The summed E-state index contributed by atoms with van der Waals surface area (Å²) in [6.07, 6.45) is -0.575. The van der Waals surface area contributed by atoms with Gasteiger partial charge in [-0.25, -0.2) is 4.79 Å². The third kappa shape index (κ3) is 4.70. The van der Waals surface area contributed by atoms with Gasteiger partial charge < -0.3 is 14.8 Å². The fourth-order valence-electron chi connectivity index (χ4n) is 1.93. The summed E-state index contributed by atoms with van der Waals surface area (Å²) in [6.45, 7) is 0.318. The topological polar surface area (TPSA) is 90.7 Å². The Morgan fingerprint density at radius 3 is 2.61 bits per heavy atom. The van der Waals surface area contributed by atoms with Crippen molar-refractivity contribution in [3.63, 3.8) is 0 Å². The van der Waals surface area contributed by atoms with Crippen LogP contribution in [0.15, 0.2) is 48.5 Å². The predicted octanol–water partition coefficient (Wildman–Crippen LogP) is 3.03. The summed E-state index contributed by atoms with van der Waals surface area (Å²) in [5, 5.41) is 13.3. The molecule has 0 unspecified atom stereocenters. The predicted molar refractivity (Wildman–Crippen MR) is 83.1 cm³/mol. The first-order valence-corrected chi connectivity index (χ1v) is 6.86. The maximum atomic E-state index is 11.7. The van der Waals surface area contributed by atoms with Gasteiger partial charge in [-0.15, -0.1) is 0 Å². The summed E-state index contributed by atoms with van der Waals surface area (Å²) < 4.78 is 10.2. The highest BCUT2D eigenvalue weighted by Crippen LogP contribution is 2.24. The first-order chi connectivity index (χ1) is 11.1. The summed E-state index contributed by atoms with van der Waals surface area (Å²) in [5.41, 5.74) is 1.43. The van der Waals surface area contributed by atoms with Gasteiger partial charge in [-0.1, -0.05) is 30.3 Å². The van der Waals surface area contributed by atoms with E-state index in [1.807, 2.05) is 30.3 Å². The van der Waals surface area contributed by atoms with Crippen LogP contribution in [-0.2, 0) is 17.9 Å². The second kappa shape index (κ2) is 7.79. The van der Waals surface area contributed by atoms with Crippen LogP contribution < -0.4 is 10.1 Å². The van der Waals surface area contributed by atoms with Gasteiger partial charge in [0.2, 0.25) is 0 Å². The third-order valence-electron chi connectivity index (χ3n) is 3.12. The molecule has 0 aliphatic heterocycles. The summed E-state index contributed by atoms with van der Waals surface area (Å²) in [5.74, 6) is 0.336. The van der Waals surface area contributed by atoms with Crippen LogP contribution in [0.4, 0.5) is 10.5 Å². The monoisotopic (exact) mass is 316 g/mol. The molecule has 0 atom stereocenters. The minimum absolute atomic E-state index is 0.0720. The number of nitrogens with one attached hydrogen (secondary N) is 1. The quantitative estimate of drug-likeness (QED) is 0.653. The number of nitro groups is 1. The largest absolute Gasteiger partial charge is 0.496 e. The first-order valence-electron chi connectivity index (χ1n) is 6.86. The number of hydrogen-bond acceptors (Lipinski definition) is 5. The fourth-order valence-corrected chi connectivity index (χ4v) is 1.93. The highest BCUT2D eigenvalue weighted by Gasteiger charge is 2.12. The van der Waals surface area contributed by atoms with E-state index in [0.29, 0.717) is 11.3 Å². The zero-order chi connectivity index (χ0) is 16.7. The Labute approximate surface area is 133 Å². The number of non-ortho nitro benzene ring substituents is 1. The molecule has 2 rings (SSSR count). The Hall–Kier alpha value is -3.09. The van der Waals surface area contributed by atoms with Crippen molar-refractivity contribution in [2.24, 2.45) is 0 Å². The molecule has 120 valence electrons. The lowest BCUT2D eigenvalue weighted by atomic mass is 10.2. The molecule has 1 N–H and O–H groups in total. The Bertz CT molecular complexity index is 688. The minimum Gasteiger partial charge on any atom is -0.496 e. The van der Waals surface area contributed by atoms with Crippen LogP contribution in [0.2, 0.25) is 0 Å². The summed E-state index contributed by atoms with van der Waals surface area (Å²) >= 11 is 0. The number of carbonyl (C=O) groups is 1. The molecular weight excluding hydrogens is 300 g/mol. The number of hydrogen-bond donors (Lipinski definition) is 1. The highest BCUT2D eigenvalue weighted by atomic mass is 16.6. The van der Waals surface area contributed by atoms with E-state index in [1.165, 1.54) is 25.3 Å². The van der Waals surface area contributed by atoms with Gasteiger partial charge in [-0.05, 0) is 11.6 Å². The lowest BCUT2D eigenvalue weighted by Gasteiger charge is -2.10. The second-order valence-corrected chi connectivity index (χ2v) is 4.67. The van der Waals surface area contributed by atoms with Crippen LogP contribution in [0.5, 0.6) is 5.75 Å².